The number of nitrogens with one attached hydrogen (secondary N) is 1. The summed E-state index contributed by atoms with van der Waals surface area (Å²) < 4.78 is 31.8. The molecule has 2 saturated heterocycles. The highest BCUT2D eigenvalue weighted by Crippen LogP contribution is 2.36. The maximum atomic E-state index is 14.7. The summed E-state index contributed by atoms with van der Waals surface area (Å²) in [6.45, 7) is 18.4. The van der Waals surface area contributed by atoms with Crippen molar-refractivity contribution in [2.45, 2.75) is 85.0 Å². The summed E-state index contributed by atoms with van der Waals surface area (Å²) in [6.07, 6.45) is 3.39. The van der Waals surface area contributed by atoms with E-state index in [4.69, 9.17) is 9.31 Å². The van der Waals surface area contributed by atoms with Crippen molar-refractivity contribution < 1.29 is 18.5 Å². The second kappa shape index (κ2) is 16.9. The normalized spacial score (nSPS) is 15.8. The minimum Gasteiger partial charge on any atom is -0.398 e. The molecule has 0 aliphatic carbocycles. The van der Waals surface area contributed by atoms with Crippen molar-refractivity contribution in [2.75, 3.05) is 18.4 Å². The minimum atomic E-state index is -0.876. The van der Waals surface area contributed by atoms with E-state index in [9.17, 15) is 24.0 Å². The van der Waals surface area contributed by atoms with Crippen LogP contribution in [0.4, 0.5) is 15.9 Å². The van der Waals surface area contributed by atoms with Gasteiger partial charge in [-0.3, -0.25) is 28.5 Å². The van der Waals surface area contributed by atoms with Gasteiger partial charge in [-0.15, -0.1) is 0 Å². The summed E-state index contributed by atoms with van der Waals surface area (Å²) in [5.74, 6) is -0.0611. The highest BCUT2D eigenvalue weighted by molar-refractivity contribution is 9.10. The number of aldehydes is 1. The molecule has 1 N–H and O–H groups in total. The van der Waals surface area contributed by atoms with Gasteiger partial charge < -0.3 is 14.6 Å². The molecule has 0 radical (unpaired) electrons. The summed E-state index contributed by atoms with van der Waals surface area (Å²) >= 11 is 3.28. The minimum absolute atomic E-state index is 0.0817. The average Bonchev–Trinajstić information content (AvgIpc) is 3.60. The summed E-state index contributed by atoms with van der Waals surface area (Å²) in [6, 6.07) is 15.3. The number of aromatic nitrogens is 5. The maximum absolute atomic E-state index is 14.7. The predicted molar refractivity (Wildman–Crippen MR) is 224 cm³/mol. The molecule has 3 aromatic heterocycles. The van der Waals surface area contributed by atoms with Crippen LogP contribution in [0.1, 0.15) is 83.4 Å². The van der Waals surface area contributed by atoms with Crippen LogP contribution in [0, 0.1) is 17.1 Å². The number of likely N-dealkylation sites (tertiary alicyclic amines) is 1. The highest BCUT2D eigenvalue weighted by atomic mass is 79.9. The van der Waals surface area contributed by atoms with Crippen LogP contribution in [0.2, 0.25) is 0 Å². The third-order valence-corrected chi connectivity index (χ3v) is 11.2. The summed E-state index contributed by atoms with van der Waals surface area (Å²) in [4.78, 5) is 39.3. The second-order valence-corrected chi connectivity index (χ2v) is 16.2. The Morgan fingerprint density at radius 2 is 1.67 bits per heavy atom. The zero-order chi connectivity index (χ0) is 42.0. The van der Waals surface area contributed by atoms with Crippen LogP contribution >= 0.6 is 15.9 Å². The van der Waals surface area contributed by atoms with Crippen LogP contribution in [0.3, 0.4) is 0 Å². The van der Waals surface area contributed by atoms with Crippen molar-refractivity contribution in [1.29, 1.82) is 5.26 Å². The molecule has 13 nitrogen and oxygen atoms in total. The monoisotopic (exact) mass is 842 g/mol. The molecule has 16 heteroatoms. The van der Waals surface area contributed by atoms with Crippen LogP contribution in [0.15, 0.2) is 68.8 Å². The van der Waals surface area contributed by atoms with Gasteiger partial charge in [-0.1, -0.05) is 19.9 Å². The molecular formula is C41H49BBrFN8O5. The van der Waals surface area contributed by atoms with E-state index in [1.165, 1.54) is 27.9 Å². The van der Waals surface area contributed by atoms with Gasteiger partial charge in [0.15, 0.2) is 12.1 Å². The zero-order valence-corrected chi connectivity index (χ0v) is 35.7. The molecule has 5 aromatic rings. The number of anilines is 2. The van der Waals surface area contributed by atoms with Gasteiger partial charge in [0, 0.05) is 37.4 Å². The van der Waals surface area contributed by atoms with Crippen LogP contribution < -0.4 is 22.0 Å². The fourth-order valence-corrected chi connectivity index (χ4v) is 6.67. The Morgan fingerprint density at radius 1 is 1.00 bits per heavy atom. The Hall–Kier alpha value is -4.95. The average molecular weight is 844 g/mol. The molecule has 7 rings (SSSR count). The van der Waals surface area contributed by atoms with Crippen molar-refractivity contribution in [3.8, 4) is 11.8 Å². The molecule has 2 fully saturated rings. The van der Waals surface area contributed by atoms with Gasteiger partial charge in [0.25, 0.3) is 11.1 Å². The number of carbonyl (C=O) groups excluding carboxylic acids is 1. The first-order valence-corrected chi connectivity index (χ1v) is 19.6. The van der Waals surface area contributed by atoms with E-state index in [-0.39, 0.29) is 10.9 Å². The first kappa shape index (κ1) is 43.2. The summed E-state index contributed by atoms with van der Waals surface area (Å²) in [5, 5.41) is 21.6. The smallest absolute Gasteiger partial charge is 0.398 e. The van der Waals surface area contributed by atoms with Gasteiger partial charge in [-0.25, -0.2) is 9.07 Å². The Balaban J connectivity index is 0.000000210. The van der Waals surface area contributed by atoms with Gasteiger partial charge in [0.1, 0.15) is 11.5 Å². The Labute approximate surface area is 340 Å². The van der Waals surface area contributed by atoms with Crippen molar-refractivity contribution in [3.05, 3.63) is 103 Å². The third-order valence-electron chi connectivity index (χ3n) is 10.5. The lowest BCUT2D eigenvalue weighted by atomic mass is 9.84. The van der Waals surface area contributed by atoms with Gasteiger partial charge in [-0.05, 0) is 124 Å². The highest BCUT2D eigenvalue weighted by Gasteiger charge is 2.52. The number of halogens is 2. The molecule has 0 spiro atoms. The number of carbonyl (C=O) groups is 1. The van der Waals surface area contributed by atoms with E-state index in [1.807, 2.05) is 59.3 Å². The van der Waals surface area contributed by atoms with Crippen molar-refractivity contribution in [2.24, 2.45) is 14.1 Å². The second-order valence-electron chi connectivity index (χ2n) is 15.3. The van der Waals surface area contributed by atoms with Crippen molar-refractivity contribution in [1.82, 2.24) is 29.0 Å². The molecule has 2 aliphatic rings. The van der Waals surface area contributed by atoms with Gasteiger partial charge in [-0.2, -0.15) is 15.5 Å². The number of benzene rings is 2. The van der Waals surface area contributed by atoms with Crippen LogP contribution in [-0.4, -0.2) is 66.7 Å². The quantitative estimate of drug-likeness (QED) is 0.140. The first-order chi connectivity index (χ1) is 26.9. The van der Waals surface area contributed by atoms with E-state index in [1.54, 1.807) is 57.3 Å². The fraction of sp³-hybridized carbons (Fsp3) is 0.415. The standard InChI is InChI=1S/C20H14BrFN2O2.C19H29BN6O3.C2H6/c1-20(2,11-23)13-8-12-6-7-24(19(26)18(12)16(22)9-13)17-5-3-4-15(21)14(17)10-25;1-18(2)19(3,4)29-20(28-18)15-11-14(17(27)25(6)22-15)21-16-10-13(24(5)23-16)12-26-8-7-9-26;1-2/h3-10H,1-2H3;10-11H,7-9,12H2,1-6H3,(H,21,23);1-2H3. The van der Waals surface area contributed by atoms with Gasteiger partial charge >= 0.3 is 7.12 Å². The van der Waals surface area contributed by atoms with Crippen molar-refractivity contribution >= 4 is 57.2 Å². The lowest BCUT2D eigenvalue weighted by Crippen LogP contribution is -2.41. The molecule has 0 bridgehead atoms. The maximum Gasteiger partial charge on any atom is 0.516 e. The lowest BCUT2D eigenvalue weighted by Gasteiger charge is -2.32. The predicted octanol–water partition coefficient (Wildman–Crippen LogP) is 6.29. The zero-order valence-electron chi connectivity index (χ0n) is 34.1. The number of nitriles is 1. The number of hydrogen-bond acceptors (Lipinski definition) is 10. The third kappa shape index (κ3) is 8.82. The number of fused-ring (bicyclic) bond motifs is 1. The van der Waals surface area contributed by atoms with E-state index in [2.05, 4.69) is 42.4 Å². The van der Waals surface area contributed by atoms with E-state index >= 15 is 0 Å². The molecule has 5 heterocycles. The molecule has 2 aliphatic heterocycles. The topological polar surface area (TPSA) is 149 Å². The Kier molecular flexibility index (Phi) is 12.8. The number of nitrogens with zero attached hydrogens (tertiary/aromatic N) is 7. The first-order valence-electron chi connectivity index (χ1n) is 18.8. The van der Waals surface area contributed by atoms with E-state index in [0.717, 1.165) is 25.3 Å². The number of rotatable bonds is 8. The molecule has 0 unspecified atom stereocenters. The molecule has 0 saturated carbocycles. The van der Waals surface area contributed by atoms with Crippen LogP contribution in [-0.2, 0) is 35.4 Å². The Morgan fingerprint density at radius 3 is 2.26 bits per heavy atom. The molecule has 0 amide bonds. The van der Waals surface area contributed by atoms with Crippen LogP contribution in [0.25, 0.3) is 16.5 Å². The van der Waals surface area contributed by atoms with Gasteiger partial charge in [0.2, 0.25) is 0 Å². The Bertz CT molecular complexity index is 2450. The van der Waals surface area contributed by atoms with Gasteiger partial charge in [0.05, 0.1) is 50.6 Å². The van der Waals surface area contributed by atoms with E-state index < -0.39 is 35.1 Å². The molecule has 0 atom stereocenters. The SMILES string of the molecule is CC.CC(C)(C#N)c1cc(F)c2c(=O)n(-c3cccc(Br)c3C=O)ccc2c1.Cn1nc(Nc2cc(B3OC(C)(C)C(C)(C)O3)nn(C)c2=O)cc1CN1CCC1. The molecule has 2 aromatic carbocycles. The molecular weight excluding hydrogens is 794 g/mol. The fourth-order valence-electron chi connectivity index (χ4n) is 6.22. The number of aryl methyl sites for hydroxylation is 2. The molecule has 57 heavy (non-hydrogen) atoms. The lowest BCUT2D eigenvalue weighted by molar-refractivity contribution is 0.00578. The number of hydrogen-bond donors (Lipinski definition) is 1. The van der Waals surface area contributed by atoms with Crippen molar-refractivity contribution in [3.63, 3.8) is 0 Å². The number of pyridine rings is 1. The van der Waals surface area contributed by atoms with Crippen LogP contribution in [0.5, 0.6) is 0 Å². The molecule has 300 valence electrons. The summed E-state index contributed by atoms with van der Waals surface area (Å²) in [5.41, 5.74) is 0.566. The van der Waals surface area contributed by atoms with E-state index in [0.29, 0.717) is 50.1 Å². The summed E-state index contributed by atoms with van der Waals surface area (Å²) in [7, 11) is 2.90. The largest absolute Gasteiger partial charge is 0.516 e.